The van der Waals surface area contributed by atoms with Gasteiger partial charge in [-0.15, -0.1) is 0 Å². The van der Waals surface area contributed by atoms with Crippen LogP contribution < -0.4 is 5.32 Å². The van der Waals surface area contributed by atoms with Gasteiger partial charge in [-0.05, 0) is 85.9 Å². The largest absolute Gasteiger partial charge is 0.389 e. The predicted molar refractivity (Wildman–Crippen MR) is 160 cm³/mol. The van der Waals surface area contributed by atoms with Gasteiger partial charge in [0.15, 0.2) is 0 Å². The third kappa shape index (κ3) is 9.57. The predicted octanol–water partition coefficient (Wildman–Crippen LogP) is 4.58. The average Bonchev–Trinajstić information content (AvgIpc) is 2.90. The molecule has 0 aliphatic carbocycles. The highest BCUT2D eigenvalue weighted by atomic mass is 19.1. The lowest BCUT2D eigenvalue weighted by molar-refractivity contribution is -0.0292. The van der Waals surface area contributed by atoms with Crippen molar-refractivity contribution in [2.75, 3.05) is 32.7 Å². The Labute approximate surface area is 248 Å². The van der Waals surface area contributed by atoms with Gasteiger partial charge in [0.1, 0.15) is 17.7 Å². The molecule has 2 aromatic rings. The third-order valence-electron chi connectivity index (χ3n) is 7.75. The normalized spacial score (nSPS) is 19.6. The van der Waals surface area contributed by atoms with E-state index in [0.29, 0.717) is 30.5 Å². The molecule has 1 fully saturated rings. The first-order valence-corrected chi connectivity index (χ1v) is 15.1. The summed E-state index contributed by atoms with van der Waals surface area (Å²) in [5, 5.41) is 25.1. The van der Waals surface area contributed by atoms with E-state index in [1.807, 2.05) is 13.8 Å². The van der Waals surface area contributed by atoms with Crippen molar-refractivity contribution >= 4 is 11.8 Å². The average molecular weight is 588 g/mol. The van der Waals surface area contributed by atoms with Crippen LogP contribution in [0.4, 0.5) is 8.78 Å². The van der Waals surface area contributed by atoms with E-state index in [1.54, 1.807) is 24.0 Å². The molecule has 0 bridgehead atoms. The maximum Gasteiger partial charge on any atom is 0.253 e. The number of β-amino-alcohol motifs (C(OH)–C–C–N with tert-alkyl or cyclic N) is 1. The summed E-state index contributed by atoms with van der Waals surface area (Å²) in [6, 6.07) is 6.92. The molecular formula is C33H47F2N3O4. The molecule has 0 aromatic heterocycles. The molecule has 2 amide bonds. The minimum Gasteiger partial charge on any atom is -0.389 e. The molecule has 1 aliphatic heterocycles. The van der Waals surface area contributed by atoms with E-state index >= 15 is 0 Å². The summed E-state index contributed by atoms with van der Waals surface area (Å²) in [7, 11) is 0. The minimum absolute atomic E-state index is 0.107. The van der Waals surface area contributed by atoms with Crippen molar-refractivity contribution in [3.8, 4) is 0 Å². The summed E-state index contributed by atoms with van der Waals surface area (Å²) in [5.74, 6) is -1.36. The van der Waals surface area contributed by atoms with Crippen molar-refractivity contribution in [3.63, 3.8) is 0 Å². The number of hydrogen-bond donors (Lipinski definition) is 3. The number of amides is 2. The number of hydrogen-bond acceptors (Lipinski definition) is 5. The number of halogens is 2. The monoisotopic (exact) mass is 587 g/mol. The Kier molecular flexibility index (Phi) is 12.4. The van der Waals surface area contributed by atoms with Crippen LogP contribution in [0.3, 0.4) is 0 Å². The van der Waals surface area contributed by atoms with Gasteiger partial charge in [0, 0.05) is 49.9 Å². The number of nitrogens with one attached hydrogen (secondary N) is 1. The minimum atomic E-state index is -1.41. The lowest BCUT2D eigenvalue weighted by Crippen LogP contribution is -2.54. The molecule has 7 nitrogen and oxygen atoms in total. The van der Waals surface area contributed by atoms with E-state index in [4.69, 9.17) is 0 Å². The molecule has 9 heteroatoms. The van der Waals surface area contributed by atoms with Crippen LogP contribution in [0.15, 0.2) is 36.4 Å². The Morgan fingerprint density at radius 2 is 1.52 bits per heavy atom. The zero-order valence-corrected chi connectivity index (χ0v) is 25.6. The first kappa shape index (κ1) is 33.6. The maximum absolute atomic E-state index is 14.0. The van der Waals surface area contributed by atoms with Gasteiger partial charge >= 0.3 is 0 Å². The maximum atomic E-state index is 14.0. The molecule has 0 radical (unpaired) electrons. The van der Waals surface area contributed by atoms with Gasteiger partial charge in [0.25, 0.3) is 11.8 Å². The lowest BCUT2D eigenvalue weighted by Gasteiger charge is -2.37. The Morgan fingerprint density at radius 3 is 2.10 bits per heavy atom. The molecular weight excluding hydrogens is 540 g/mol. The van der Waals surface area contributed by atoms with Crippen LogP contribution in [0, 0.1) is 30.4 Å². The van der Waals surface area contributed by atoms with E-state index in [2.05, 4.69) is 24.1 Å². The van der Waals surface area contributed by atoms with Crippen LogP contribution >= 0.6 is 0 Å². The van der Waals surface area contributed by atoms with E-state index in [9.17, 15) is 28.6 Å². The van der Waals surface area contributed by atoms with Crippen molar-refractivity contribution in [2.24, 2.45) is 11.8 Å². The third-order valence-corrected chi connectivity index (χ3v) is 7.75. The molecule has 2 aromatic carbocycles. The van der Waals surface area contributed by atoms with Crippen molar-refractivity contribution in [3.05, 3.63) is 70.3 Å². The number of carbonyl (C=O) groups excluding carboxylic acids is 2. The Bertz CT molecular complexity index is 1170. The number of aliphatic hydroxyl groups is 2. The summed E-state index contributed by atoms with van der Waals surface area (Å²) in [5.41, 5.74) is 1.57. The molecule has 0 saturated carbocycles. The number of aliphatic hydroxyl groups excluding tert-OH is 2. The summed E-state index contributed by atoms with van der Waals surface area (Å²) >= 11 is 0. The van der Waals surface area contributed by atoms with E-state index in [-0.39, 0.29) is 30.0 Å². The van der Waals surface area contributed by atoms with Crippen molar-refractivity contribution in [1.82, 2.24) is 15.1 Å². The second-order valence-corrected chi connectivity index (χ2v) is 12.2. The van der Waals surface area contributed by atoms with Crippen LogP contribution in [-0.4, -0.2) is 82.8 Å². The van der Waals surface area contributed by atoms with Gasteiger partial charge in [0.2, 0.25) is 0 Å². The van der Waals surface area contributed by atoms with Gasteiger partial charge in [-0.1, -0.05) is 27.7 Å². The number of likely N-dealkylation sites (tertiary alicyclic amines) is 1. The highest BCUT2D eigenvalue weighted by molar-refractivity contribution is 6.00. The second-order valence-electron chi connectivity index (χ2n) is 12.2. The number of rotatable bonds is 13. The van der Waals surface area contributed by atoms with Crippen molar-refractivity contribution < 1.29 is 28.6 Å². The molecule has 42 heavy (non-hydrogen) atoms. The molecule has 1 heterocycles. The molecule has 3 N–H and O–H groups in total. The van der Waals surface area contributed by atoms with Gasteiger partial charge < -0.3 is 25.3 Å². The fourth-order valence-electron chi connectivity index (χ4n) is 6.15. The molecule has 3 rings (SSSR count). The molecule has 1 aliphatic rings. The van der Waals surface area contributed by atoms with E-state index in [1.165, 1.54) is 6.07 Å². The van der Waals surface area contributed by atoms with Crippen LogP contribution in [0.1, 0.15) is 78.8 Å². The summed E-state index contributed by atoms with van der Waals surface area (Å²) in [4.78, 5) is 30.7. The Morgan fingerprint density at radius 1 is 0.952 bits per heavy atom. The van der Waals surface area contributed by atoms with Crippen LogP contribution in [-0.2, 0) is 6.42 Å². The Balaban J connectivity index is 1.86. The van der Waals surface area contributed by atoms with Crippen LogP contribution in [0.5, 0.6) is 0 Å². The number of benzene rings is 2. The standard InChI is InChI=1S/C33H47F2N3O4/c1-6-8-38(9-7-2)33(42)26-12-21(3)11-25(16-26)32(41)36-29(15-24-13-27(34)17-28(35)14-24)31(40)30(39)20-37-18-22(4)10-23(5)19-37/h11-14,16-17,22-23,29-31,39-40H,6-10,15,18-20H2,1-5H3,(H,36,41)/t22?,23?,29-,30-,31-/m0/s1. The van der Waals surface area contributed by atoms with Gasteiger partial charge in [-0.2, -0.15) is 0 Å². The summed E-state index contributed by atoms with van der Waals surface area (Å²) in [6.07, 6.45) is -0.0232. The number of piperidine rings is 1. The van der Waals surface area contributed by atoms with Gasteiger partial charge in [-0.3, -0.25) is 9.59 Å². The lowest BCUT2D eigenvalue weighted by atomic mass is 9.91. The highest BCUT2D eigenvalue weighted by Crippen LogP contribution is 2.22. The second kappa shape index (κ2) is 15.5. The van der Waals surface area contributed by atoms with Crippen molar-refractivity contribution in [2.45, 2.75) is 78.6 Å². The quantitative estimate of drug-likeness (QED) is 0.319. The summed E-state index contributed by atoms with van der Waals surface area (Å²) < 4.78 is 28.0. The van der Waals surface area contributed by atoms with Gasteiger partial charge in [-0.25, -0.2) is 8.78 Å². The molecule has 0 spiro atoms. The number of nitrogens with zero attached hydrogens (tertiary/aromatic N) is 2. The highest BCUT2D eigenvalue weighted by Gasteiger charge is 2.32. The fraction of sp³-hybridized carbons (Fsp3) is 0.576. The smallest absolute Gasteiger partial charge is 0.253 e. The molecule has 1 saturated heterocycles. The van der Waals surface area contributed by atoms with E-state index < -0.39 is 35.8 Å². The fourth-order valence-corrected chi connectivity index (χ4v) is 6.15. The summed E-state index contributed by atoms with van der Waals surface area (Å²) in [6.45, 7) is 13.1. The molecule has 232 valence electrons. The van der Waals surface area contributed by atoms with Crippen LogP contribution in [0.25, 0.3) is 0 Å². The Hall–Kier alpha value is -2.88. The first-order chi connectivity index (χ1) is 19.9. The van der Waals surface area contributed by atoms with Crippen LogP contribution in [0.2, 0.25) is 0 Å². The van der Waals surface area contributed by atoms with Gasteiger partial charge in [0.05, 0.1) is 12.1 Å². The zero-order chi connectivity index (χ0) is 31.0. The SMILES string of the molecule is CCCN(CCC)C(=O)c1cc(C)cc(C(=O)N[C@@H](Cc2cc(F)cc(F)c2)[C@H](O)[C@@H](O)CN2CC(C)CC(C)C2)c1. The number of carbonyl (C=O) groups is 2. The zero-order valence-electron chi connectivity index (χ0n) is 25.6. The number of aryl methyl sites for hydroxylation is 1. The first-order valence-electron chi connectivity index (χ1n) is 15.1. The van der Waals surface area contributed by atoms with E-state index in [0.717, 1.165) is 56.1 Å². The topological polar surface area (TPSA) is 93.1 Å². The molecule has 5 atom stereocenters. The molecule has 2 unspecified atom stereocenters. The van der Waals surface area contributed by atoms with Crippen molar-refractivity contribution in [1.29, 1.82) is 0 Å².